The lowest BCUT2D eigenvalue weighted by Crippen LogP contribution is -2.22. The van der Waals surface area contributed by atoms with Gasteiger partial charge in [0.15, 0.2) is 0 Å². The second-order valence-electron chi connectivity index (χ2n) is 3.57. The van der Waals surface area contributed by atoms with Crippen molar-refractivity contribution in [3.05, 3.63) is 46.2 Å². The second-order valence-corrected chi connectivity index (χ2v) is 4.57. The Morgan fingerprint density at radius 3 is 2.95 bits per heavy atom. The van der Waals surface area contributed by atoms with Crippen molar-refractivity contribution in [1.82, 2.24) is 15.3 Å². The molecule has 2 rings (SSSR count). The van der Waals surface area contributed by atoms with Crippen LogP contribution < -0.4 is 5.32 Å². The van der Waals surface area contributed by atoms with E-state index in [9.17, 15) is 4.79 Å². The van der Waals surface area contributed by atoms with E-state index >= 15 is 0 Å². The molecule has 2 N–H and O–H groups in total. The highest BCUT2D eigenvalue weighted by Crippen LogP contribution is 2.13. The van der Waals surface area contributed by atoms with Gasteiger partial charge in [0.25, 0.3) is 5.91 Å². The van der Waals surface area contributed by atoms with E-state index in [4.69, 9.17) is 5.11 Å². The van der Waals surface area contributed by atoms with Crippen molar-refractivity contribution >= 4 is 17.2 Å². The molecule has 0 aromatic carbocycles. The van der Waals surface area contributed by atoms with Gasteiger partial charge in [-0.1, -0.05) is 11.8 Å². The molecule has 2 aromatic heterocycles. The van der Waals surface area contributed by atoms with Crippen molar-refractivity contribution in [2.24, 2.45) is 0 Å². The second kappa shape index (κ2) is 6.64. The number of nitrogens with zero attached hydrogens (tertiary/aromatic N) is 2. The first-order chi connectivity index (χ1) is 9.29. The quantitative estimate of drug-likeness (QED) is 0.812. The number of thiophene rings is 1. The maximum atomic E-state index is 11.7. The normalized spacial score (nSPS) is 9.53. The molecule has 2 heterocycles. The summed E-state index contributed by atoms with van der Waals surface area (Å²) in [6.45, 7) is 0.273. The first-order valence-corrected chi connectivity index (χ1v) is 6.38. The third kappa shape index (κ3) is 3.88. The van der Waals surface area contributed by atoms with Crippen molar-refractivity contribution in [1.29, 1.82) is 0 Å². The molecule has 0 radical (unpaired) electrons. The Kier molecular flexibility index (Phi) is 4.61. The van der Waals surface area contributed by atoms with E-state index < -0.39 is 0 Å². The molecule has 5 nitrogen and oxygen atoms in total. The SMILES string of the molecule is O=C(NCc1cc(C#CCO)cs1)c1cncnc1. The highest BCUT2D eigenvalue weighted by Gasteiger charge is 2.06. The maximum absolute atomic E-state index is 11.7. The van der Waals surface area contributed by atoms with Gasteiger partial charge < -0.3 is 10.4 Å². The van der Waals surface area contributed by atoms with Crippen molar-refractivity contribution in [3.8, 4) is 11.8 Å². The summed E-state index contributed by atoms with van der Waals surface area (Å²) in [5.41, 5.74) is 1.27. The minimum Gasteiger partial charge on any atom is -0.384 e. The van der Waals surface area contributed by atoms with Gasteiger partial charge in [-0.2, -0.15) is 0 Å². The molecule has 1 amide bonds. The summed E-state index contributed by atoms with van der Waals surface area (Å²) in [6, 6.07) is 1.88. The number of hydrogen-bond donors (Lipinski definition) is 2. The van der Waals surface area contributed by atoms with Crippen molar-refractivity contribution in [2.75, 3.05) is 6.61 Å². The van der Waals surface area contributed by atoms with Crippen molar-refractivity contribution in [2.45, 2.75) is 6.54 Å². The number of hydrogen-bond acceptors (Lipinski definition) is 5. The van der Waals surface area contributed by atoms with Gasteiger partial charge in [0, 0.05) is 28.2 Å². The summed E-state index contributed by atoms with van der Waals surface area (Å²) < 4.78 is 0. The summed E-state index contributed by atoms with van der Waals surface area (Å²) in [6.07, 6.45) is 4.31. The van der Waals surface area contributed by atoms with Crippen molar-refractivity contribution in [3.63, 3.8) is 0 Å². The number of rotatable bonds is 3. The zero-order chi connectivity index (χ0) is 13.5. The number of aliphatic hydroxyl groups is 1. The van der Waals surface area contributed by atoms with E-state index in [0.717, 1.165) is 10.4 Å². The highest BCUT2D eigenvalue weighted by atomic mass is 32.1. The molecular formula is C13H11N3O2S. The molecule has 2 aromatic rings. The zero-order valence-electron chi connectivity index (χ0n) is 9.96. The third-order valence-electron chi connectivity index (χ3n) is 2.21. The maximum Gasteiger partial charge on any atom is 0.254 e. The van der Waals surface area contributed by atoms with Crippen molar-refractivity contribution < 1.29 is 9.90 Å². The van der Waals surface area contributed by atoms with Gasteiger partial charge in [-0.15, -0.1) is 11.3 Å². The first-order valence-electron chi connectivity index (χ1n) is 5.50. The lowest BCUT2D eigenvalue weighted by molar-refractivity contribution is 0.0950. The van der Waals surface area contributed by atoms with Crippen LogP contribution in [0.15, 0.2) is 30.2 Å². The van der Waals surface area contributed by atoms with Gasteiger partial charge in [0.1, 0.15) is 12.9 Å². The van der Waals surface area contributed by atoms with Crippen LogP contribution in [0.2, 0.25) is 0 Å². The summed E-state index contributed by atoms with van der Waals surface area (Å²) in [5.74, 6) is 5.18. The summed E-state index contributed by atoms with van der Waals surface area (Å²) in [4.78, 5) is 20.3. The smallest absolute Gasteiger partial charge is 0.254 e. The van der Waals surface area contributed by atoms with Gasteiger partial charge in [-0.3, -0.25) is 4.79 Å². The van der Waals surface area contributed by atoms with E-state index in [1.165, 1.54) is 30.1 Å². The Morgan fingerprint density at radius 1 is 1.42 bits per heavy atom. The largest absolute Gasteiger partial charge is 0.384 e. The van der Waals surface area contributed by atoms with Crippen LogP contribution in [0.1, 0.15) is 20.8 Å². The standard InChI is InChI=1S/C13H11N3O2S/c17-3-1-2-10-4-12(19-8-10)7-16-13(18)11-5-14-9-15-6-11/h4-6,8-9,17H,3,7H2,(H,16,18). The molecule has 0 aliphatic rings. The minimum absolute atomic E-state index is 0.157. The molecule has 0 fully saturated rings. The zero-order valence-corrected chi connectivity index (χ0v) is 10.8. The lowest BCUT2D eigenvalue weighted by atomic mass is 10.3. The Balaban J connectivity index is 1.92. The molecule has 0 spiro atoms. The summed E-state index contributed by atoms with van der Waals surface area (Å²) in [5, 5.41) is 13.3. The molecule has 6 heteroatoms. The predicted octanol–water partition coefficient (Wildman–Crippen LogP) is 0.812. The molecular weight excluding hydrogens is 262 g/mol. The molecule has 0 unspecified atom stereocenters. The Bertz CT molecular complexity index is 614. The molecule has 0 bridgehead atoms. The van der Waals surface area contributed by atoms with Crippen LogP contribution in [0.25, 0.3) is 0 Å². The molecule has 0 saturated heterocycles. The molecule has 0 aliphatic carbocycles. The van der Waals surface area contributed by atoms with Crippen LogP contribution in [-0.2, 0) is 6.54 Å². The summed E-state index contributed by atoms with van der Waals surface area (Å²) >= 11 is 1.51. The lowest BCUT2D eigenvalue weighted by Gasteiger charge is -2.01. The number of aromatic nitrogens is 2. The van der Waals surface area contributed by atoms with Crippen LogP contribution in [0.5, 0.6) is 0 Å². The average Bonchev–Trinajstić information content (AvgIpc) is 2.91. The average molecular weight is 273 g/mol. The van der Waals surface area contributed by atoms with Gasteiger partial charge in [0.2, 0.25) is 0 Å². The fourth-order valence-electron chi connectivity index (χ4n) is 1.37. The monoisotopic (exact) mass is 273 g/mol. The molecule has 19 heavy (non-hydrogen) atoms. The predicted molar refractivity (Wildman–Crippen MR) is 71.5 cm³/mol. The Hall–Kier alpha value is -2.23. The topological polar surface area (TPSA) is 75.1 Å². The van der Waals surface area contributed by atoms with E-state index in [1.807, 2.05) is 11.4 Å². The van der Waals surface area contributed by atoms with E-state index in [-0.39, 0.29) is 12.5 Å². The number of amides is 1. The van der Waals surface area contributed by atoms with Gasteiger partial charge in [-0.25, -0.2) is 9.97 Å². The van der Waals surface area contributed by atoms with Gasteiger partial charge in [0.05, 0.1) is 12.1 Å². The third-order valence-corrected chi connectivity index (χ3v) is 3.15. The number of carbonyl (C=O) groups is 1. The highest BCUT2D eigenvalue weighted by molar-refractivity contribution is 7.10. The van der Waals surface area contributed by atoms with Gasteiger partial charge in [-0.05, 0) is 6.07 Å². The van der Waals surface area contributed by atoms with E-state index in [0.29, 0.717) is 12.1 Å². The fraction of sp³-hybridized carbons (Fsp3) is 0.154. The van der Waals surface area contributed by atoms with Crippen LogP contribution in [0, 0.1) is 11.8 Å². The number of carbonyl (C=O) groups excluding carboxylic acids is 1. The van der Waals surface area contributed by atoms with Crippen LogP contribution in [-0.4, -0.2) is 27.6 Å². The molecule has 0 aliphatic heterocycles. The number of nitrogens with one attached hydrogen (secondary N) is 1. The summed E-state index contributed by atoms with van der Waals surface area (Å²) in [7, 11) is 0. The van der Waals surface area contributed by atoms with E-state index in [2.05, 4.69) is 27.1 Å². The molecule has 0 atom stereocenters. The van der Waals surface area contributed by atoms with Crippen LogP contribution in [0.4, 0.5) is 0 Å². The Morgan fingerprint density at radius 2 is 2.21 bits per heavy atom. The number of aliphatic hydroxyl groups excluding tert-OH is 1. The Labute approximate surface area is 114 Å². The van der Waals surface area contributed by atoms with Crippen LogP contribution in [0.3, 0.4) is 0 Å². The van der Waals surface area contributed by atoms with E-state index in [1.54, 1.807) is 0 Å². The molecule has 0 saturated carbocycles. The van der Waals surface area contributed by atoms with Crippen LogP contribution >= 0.6 is 11.3 Å². The minimum atomic E-state index is -0.211. The fourth-order valence-corrected chi connectivity index (χ4v) is 2.12. The molecule has 96 valence electrons. The first kappa shape index (κ1) is 13.2. The van der Waals surface area contributed by atoms with Gasteiger partial charge >= 0.3 is 0 Å².